The molecule has 0 bridgehead atoms. The highest BCUT2D eigenvalue weighted by Crippen LogP contribution is 2.50. The lowest BCUT2D eigenvalue weighted by Gasteiger charge is -2.22. The molecule has 1 aliphatic carbocycles. The van der Waals surface area contributed by atoms with Gasteiger partial charge in [-0.25, -0.2) is 9.97 Å². The highest BCUT2D eigenvalue weighted by molar-refractivity contribution is 6.11. The Labute approximate surface area is 309 Å². The van der Waals surface area contributed by atoms with E-state index in [4.69, 9.17) is 9.97 Å². The van der Waals surface area contributed by atoms with Gasteiger partial charge in [0.15, 0.2) is 5.82 Å². The molecule has 0 N–H and O–H groups in total. The van der Waals surface area contributed by atoms with E-state index in [0.717, 1.165) is 50.3 Å². The maximum Gasteiger partial charge on any atom is 0.160 e. The fraction of sp³-hybridized carbons (Fsp3) is 0.0600. The van der Waals surface area contributed by atoms with Crippen LogP contribution < -0.4 is 0 Å². The Bertz CT molecular complexity index is 2820. The van der Waals surface area contributed by atoms with Gasteiger partial charge in [0, 0.05) is 34.5 Å². The van der Waals surface area contributed by atoms with E-state index >= 15 is 0 Å². The summed E-state index contributed by atoms with van der Waals surface area (Å²) in [4.78, 5) is 14.6. The molecule has 0 radical (unpaired) electrons. The average Bonchev–Trinajstić information content (AvgIpc) is 3.45. The van der Waals surface area contributed by atoms with Gasteiger partial charge in [-0.05, 0) is 96.4 Å². The Kier molecular flexibility index (Phi) is 7.16. The smallest absolute Gasteiger partial charge is 0.160 e. The van der Waals surface area contributed by atoms with E-state index < -0.39 is 0 Å². The molecule has 7 aromatic carbocycles. The van der Waals surface area contributed by atoms with Crippen molar-refractivity contribution in [2.24, 2.45) is 0 Å². The summed E-state index contributed by atoms with van der Waals surface area (Å²) in [6.07, 6.45) is 3.70. The standard InChI is InChI=1S/C50H35N3/c1-50(2)45-13-7-6-12-41(45)44-27-38-24-20-35-21-25-39(28-42(35)43(38)29-46(44)50)48-30-47(36-9-4-3-5-10-36)52-49(53-48)37-22-18-33(19-23-37)32-14-16-34(17-15-32)40-11-8-26-51-31-40/h3-31H,1-2H3. The molecule has 9 aromatic rings. The first-order valence-corrected chi connectivity index (χ1v) is 18.2. The summed E-state index contributed by atoms with van der Waals surface area (Å²) in [7, 11) is 0. The Morgan fingerprint density at radius 2 is 0.981 bits per heavy atom. The molecule has 0 unspecified atom stereocenters. The molecular weight excluding hydrogens is 643 g/mol. The topological polar surface area (TPSA) is 38.7 Å². The van der Waals surface area contributed by atoms with Crippen molar-refractivity contribution >= 4 is 21.5 Å². The predicted octanol–water partition coefficient (Wildman–Crippen LogP) is 12.8. The van der Waals surface area contributed by atoms with Gasteiger partial charge in [0.2, 0.25) is 0 Å². The molecule has 0 fully saturated rings. The zero-order valence-corrected chi connectivity index (χ0v) is 29.6. The average molecular weight is 678 g/mol. The second kappa shape index (κ2) is 12.2. The zero-order valence-electron chi connectivity index (χ0n) is 29.6. The third-order valence-electron chi connectivity index (χ3n) is 11.0. The summed E-state index contributed by atoms with van der Waals surface area (Å²) in [6, 6.07) is 58.7. The van der Waals surface area contributed by atoms with E-state index in [9.17, 15) is 0 Å². The molecule has 2 aromatic heterocycles. The fourth-order valence-corrected chi connectivity index (χ4v) is 8.09. The van der Waals surface area contributed by atoms with Gasteiger partial charge in [0.25, 0.3) is 0 Å². The van der Waals surface area contributed by atoms with Crippen LogP contribution in [0.4, 0.5) is 0 Å². The van der Waals surface area contributed by atoms with Gasteiger partial charge >= 0.3 is 0 Å². The second-order valence-electron chi connectivity index (χ2n) is 14.5. The summed E-state index contributed by atoms with van der Waals surface area (Å²) in [6.45, 7) is 4.69. The van der Waals surface area contributed by atoms with Crippen LogP contribution in [0.25, 0.3) is 88.8 Å². The van der Waals surface area contributed by atoms with E-state index in [2.05, 4.69) is 170 Å². The summed E-state index contributed by atoms with van der Waals surface area (Å²) in [5.41, 5.74) is 14.9. The van der Waals surface area contributed by atoms with Crippen molar-refractivity contribution in [3.8, 4) is 67.3 Å². The Balaban J connectivity index is 1.06. The normalized spacial score (nSPS) is 12.9. The number of fused-ring (bicyclic) bond motifs is 6. The number of hydrogen-bond acceptors (Lipinski definition) is 3. The van der Waals surface area contributed by atoms with Gasteiger partial charge < -0.3 is 0 Å². The molecular formula is C50H35N3. The van der Waals surface area contributed by atoms with Crippen molar-refractivity contribution in [2.75, 3.05) is 0 Å². The van der Waals surface area contributed by atoms with Crippen molar-refractivity contribution in [1.82, 2.24) is 15.0 Å². The first kappa shape index (κ1) is 31.1. The highest BCUT2D eigenvalue weighted by Gasteiger charge is 2.35. The number of hydrogen-bond donors (Lipinski definition) is 0. The van der Waals surface area contributed by atoms with Crippen LogP contribution in [0.2, 0.25) is 0 Å². The summed E-state index contributed by atoms with van der Waals surface area (Å²) >= 11 is 0. The van der Waals surface area contributed by atoms with Crippen molar-refractivity contribution in [2.45, 2.75) is 19.3 Å². The third kappa shape index (κ3) is 5.32. The number of aromatic nitrogens is 3. The maximum atomic E-state index is 5.22. The number of benzene rings is 7. The lowest BCUT2D eigenvalue weighted by molar-refractivity contribution is 0.661. The highest BCUT2D eigenvalue weighted by atomic mass is 14.9. The molecule has 1 aliphatic rings. The molecule has 0 atom stereocenters. The monoisotopic (exact) mass is 677 g/mol. The van der Waals surface area contributed by atoms with Crippen molar-refractivity contribution in [3.05, 3.63) is 187 Å². The SMILES string of the molecule is CC1(C)c2ccccc2-c2cc3ccc4ccc(-c5cc(-c6ccccc6)nc(-c6ccc(-c7ccc(-c8cccnc8)cc7)cc6)n5)cc4c3cc21. The lowest BCUT2D eigenvalue weighted by Crippen LogP contribution is -2.14. The van der Waals surface area contributed by atoms with Crippen molar-refractivity contribution < 1.29 is 0 Å². The van der Waals surface area contributed by atoms with Crippen LogP contribution in [0.3, 0.4) is 0 Å². The molecule has 10 rings (SSSR count). The van der Waals surface area contributed by atoms with Crippen LogP contribution in [0.1, 0.15) is 25.0 Å². The van der Waals surface area contributed by atoms with E-state index in [-0.39, 0.29) is 5.41 Å². The van der Waals surface area contributed by atoms with E-state index in [1.165, 1.54) is 43.8 Å². The fourth-order valence-electron chi connectivity index (χ4n) is 8.09. The molecule has 250 valence electrons. The molecule has 0 saturated carbocycles. The van der Waals surface area contributed by atoms with Gasteiger partial charge in [-0.2, -0.15) is 0 Å². The van der Waals surface area contributed by atoms with Crippen LogP contribution in [0, 0.1) is 0 Å². The number of nitrogens with zero attached hydrogens (tertiary/aromatic N) is 3. The van der Waals surface area contributed by atoms with Gasteiger partial charge in [-0.1, -0.05) is 147 Å². The van der Waals surface area contributed by atoms with Crippen LogP contribution >= 0.6 is 0 Å². The number of pyridine rings is 1. The van der Waals surface area contributed by atoms with Gasteiger partial charge in [-0.15, -0.1) is 0 Å². The van der Waals surface area contributed by atoms with E-state index in [1.54, 1.807) is 6.20 Å². The first-order valence-electron chi connectivity index (χ1n) is 18.2. The van der Waals surface area contributed by atoms with Crippen LogP contribution in [0.5, 0.6) is 0 Å². The molecule has 0 amide bonds. The third-order valence-corrected chi connectivity index (χ3v) is 11.0. The molecule has 0 saturated heterocycles. The maximum absolute atomic E-state index is 5.22. The Morgan fingerprint density at radius 3 is 1.72 bits per heavy atom. The van der Waals surface area contributed by atoms with E-state index in [1.807, 2.05) is 18.3 Å². The number of rotatable bonds is 5. The van der Waals surface area contributed by atoms with Gasteiger partial charge in [0.1, 0.15) is 0 Å². The lowest BCUT2D eigenvalue weighted by atomic mass is 9.81. The molecule has 0 aliphatic heterocycles. The Hall–Kier alpha value is -6.71. The van der Waals surface area contributed by atoms with Crippen molar-refractivity contribution in [3.63, 3.8) is 0 Å². The summed E-state index contributed by atoms with van der Waals surface area (Å²) < 4.78 is 0. The molecule has 53 heavy (non-hydrogen) atoms. The zero-order chi connectivity index (χ0) is 35.5. The van der Waals surface area contributed by atoms with Gasteiger partial charge in [0.05, 0.1) is 11.4 Å². The summed E-state index contributed by atoms with van der Waals surface area (Å²) in [5, 5.41) is 4.97. The molecule has 2 heterocycles. The van der Waals surface area contributed by atoms with Crippen LogP contribution in [0.15, 0.2) is 176 Å². The van der Waals surface area contributed by atoms with Crippen LogP contribution in [-0.4, -0.2) is 15.0 Å². The van der Waals surface area contributed by atoms with Crippen molar-refractivity contribution in [1.29, 1.82) is 0 Å². The minimum absolute atomic E-state index is 0.0646. The quantitative estimate of drug-likeness (QED) is 0.170. The first-order chi connectivity index (χ1) is 26.0. The summed E-state index contributed by atoms with van der Waals surface area (Å²) in [5.74, 6) is 0.704. The van der Waals surface area contributed by atoms with Gasteiger partial charge in [-0.3, -0.25) is 4.98 Å². The predicted molar refractivity (Wildman–Crippen MR) is 220 cm³/mol. The second-order valence-corrected chi connectivity index (χ2v) is 14.5. The molecule has 0 spiro atoms. The van der Waals surface area contributed by atoms with Crippen LogP contribution in [-0.2, 0) is 5.41 Å². The minimum Gasteiger partial charge on any atom is -0.264 e. The minimum atomic E-state index is -0.0646. The Morgan fingerprint density at radius 1 is 0.396 bits per heavy atom. The van der Waals surface area contributed by atoms with E-state index in [0.29, 0.717) is 5.82 Å². The largest absolute Gasteiger partial charge is 0.264 e. The molecule has 3 heteroatoms. The molecule has 3 nitrogen and oxygen atoms in total.